The highest BCUT2D eigenvalue weighted by molar-refractivity contribution is 6.03. The van der Waals surface area contributed by atoms with E-state index in [4.69, 9.17) is 4.74 Å². The Morgan fingerprint density at radius 1 is 1.08 bits per heavy atom. The molecule has 0 bridgehead atoms. The number of anilines is 2. The number of aromatic nitrogens is 2. The van der Waals surface area contributed by atoms with E-state index in [2.05, 4.69) is 34.0 Å². The Balaban J connectivity index is 2.17. The van der Waals surface area contributed by atoms with E-state index in [-0.39, 0.29) is 5.91 Å². The molecule has 1 N–H and O–H groups in total. The van der Waals surface area contributed by atoms with Crippen molar-refractivity contribution in [1.82, 2.24) is 9.97 Å². The number of ether oxygens (including phenoxy) is 1. The molecule has 2 aromatic rings. The molecule has 0 atom stereocenters. The van der Waals surface area contributed by atoms with E-state index >= 15 is 0 Å². The maximum absolute atomic E-state index is 12.6. The van der Waals surface area contributed by atoms with Crippen LogP contribution in [0, 0.1) is 6.92 Å². The standard InChI is InChI=1S/C20H28N4O2/c1-5-12-24(13-6-2)19-14-18(21-15(4)22-19)20(25)23-16-8-10-17(11-9-16)26-7-3/h8-11,14H,5-7,12-13H2,1-4H3,(H,23,25). The van der Waals surface area contributed by atoms with Crippen LogP contribution in [0.5, 0.6) is 5.75 Å². The van der Waals surface area contributed by atoms with Crippen LogP contribution in [0.2, 0.25) is 0 Å². The lowest BCUT2D eigenvalue weighted by atomic mass is 10.2. The van der Waals surface area contributed by atoms with Gasteiger partial charge in [-0.15, -0.1) is 0 Å². The summed E-state index contributed by atoms with van der Waals surface area (Å²) >= 11 is 0. The molecule has 140 valence electrons. The predicted molar refractivity (Wildman–Crippen MR) is 105 cm³/mol. The zero-order chi connectivity index (χ0) is 18.9. The van der Waals surface area contributed by atoms with Gasteiger partial charge in [-0.3, -0.25) is 4.79 Å². The first-order chi connectivity index (χ1) is 12.6. The molecule has 1 amide bonds. The molecule has 0 aliphatic rings. The van der Waals surface area contributed by atoms with E-state index in [0.717, 1.165) is 37.5 Å². The van der Waals surface area contributed by atoms with E-state index < -0.39 is 0 Å². The van der Waals surface area contributed by atoms with Crippen LogP contribution in [0.15, 0.2) is 30.3 Å². The minimum absolute atomic E-state index is 0.242. The molecular weight excluding hydrogens is 328 g/mol. The van der Waals surface area contributed by atoms with Gasteiger partial charge in [0.15, 0.2) is 0 Å². The van der Waals surface area contributed by atoms with Gasteiger partial charge in [-0.25, -0.2) is 9.97 Å². The number of carbonyl (C=O) groups is 1. The normalized spacial score (nSPS) is 10.5. The summed E-state index contributed by atoms with van der Waals surface area (Å²) in [5.41, 5.74) is 1.08. The van der Waals surface area contributed by atoms with Crippen molar-refractivity contribution in [3.63, 3.8) is 0 Å². The van der Waals surface area contributed by atoms with Crippen LogP contribution in [-0.2, 0) is 0 Å². The fraction of sp³-hybridized carbons (Fsp3) is 0.450. The first-order valence-electron chi connectivity index (χ1n) is 9.22. The maximum atomic E-state index is 12.6. The molecule has 0 saturated carbocycles. The van der Waals surface area contributed by atoms with Crippen molar-refractivity contribution < 1.29 is 9.53 Å². The average molecular weight is 356 g/mol. The van der Waals surface area contributed by atoms with Gasteiger partial charge >= 0.3 is 0 Å². The maximum Gasteiger partial charge on any atom is 0.274 e. The minimum atomic E-state index is -0.242. The zero-order valence-corrected chi connectivity index (χ0v) is 16.1. The number of benzene rings is 1. The quantitative estimate of drug-likeness (QED) is 0.734. The van der Waals surface area contributed by atoms with E-state index in [1.54, 1.807) is 6.07 Å². The molecule has 6 nitrogen and oxygen atoms in total. The van der Waals surface area contributed by atoms with Gasteiger partial charge in [-0.2, -0.15) is 0 Å². The Morgan fingerprint density at radius 3 is 2.31 bits per heavy atom. The topological polar surface area (TPSA) is 67.4 Å². The summed E-state index contributed by atoms with van der Waals surface area (Å²) in [5.74, 6) is 1.93. The Bertz CT molecular complexity index is 710. The van der Waals surface area contributed by atoms with E-state index in [1.807, 2.05) is 38.1 Å². The first kappa shape index (κ1) is 19.7. The summed E-state index contributed by atoms with van der Waals surface area (Å²) in [6.07, 6.45) is 2.05. The molecular formula is C20H28N4O2. The minimum Gasteiger partial charge on any atom is -0.494 e. The lowest BCUT2D eigenvalue weighted by molar-refractivity contribution is 0.102. The highest BCUT2D eigenvalue weighted by Crippen LogP contribution is 2.18. The third kappa shape index (κ3) is 5.44. The fourth-order valence-corrected chi connectivity index (χ4v) is 2.71. The van der Waals surface area contributed by atoms with Crippen LogP contribution in [0.1, 0.15) is 49.9 Å². The third-order valence-corrected chi connectivity index (χ3v) is 3.79. The summed E-state index contributed by atoms with van der Waals surface area (Å²) in [5, 5.41) is 2.88. The molecule has 0 aliphatic carbocycles. The second kappa shape index (κ2) is 9.75. The first-order valence-corrected chi connectivity index (χ1v) is 9.22. The van der Waals surface area contributed by atoms with E-state index in [9.17, 15) is 4.79 Å². The number of hydrogen-bond donors (Lipinski definition) is 1. The van der Waals surface area contributed by atoms with Gasteiger partial charge in [-0.05, 0) is 51.0 Å². The summed E-state index contributed by atoms with van der Waals surface area (Å²) in [7, 11) is 0. The highest BCUT2D eigenvalue weighted by atomic mass is 16.5. The third-order valence-electron chi connectivity index (χ3n) is 3.79. The van der Waals surface area contributed by atoms with Gasteiger partial charge in [0.2, 0.25) is 0 Å². The van der Waals surface area contributed by atoms with Gasteiger partial charge in [-0.1, -0.05) is 13.8 Å². The number of carbonyl (C=O) groups excluding carboxylic acids is 1. The Hall–Kier alpha value is -2.63. The van der Waals surface area contributed by atoms with Gasteiger partial charge in [0.1, 0.15) is 23.1 Å². The molecule has 1 aromatic carbocycles. The van der Waals surface area contributed by atoms with Crippen LogP contribution in [0.3, 0.4) is 0 Å². The molecule has 0 radical (unpaired) electrons. The molecule has 0 spiro atoms. The summed E-state index contributed by atoms with van der Waals surface area (Å²) < 4.78 is 5.42. The van der Waals surface area contributed by atoms with E-state index in [1.165, 1.54) is 0 Å². The summed E-state index contributed by atoms with van der Waals surface area (Å²) in [4.78, 5) is 23.6. The van der Waals surface area contributed by atoms with Crippen LogP contribution in [0.25, 0.3) is 0 Å². The molecule has 26 heavy (non-hydrogen) atoms. The van der Waals surface area contributed by atoms with Gasteiger partial charge in [0.25, 0.3) is 5.91 Å². The van der Waals surface area contributed by atoms with Crippen molar-refractivity contribution in [1.29, 1.82) is 0 Å². The van der Waals surface area contributed by atoms with Crippen molar-refractivity contribution in [2.75, 3.05) is 29.9 Å². The highest BCUT2D eigenvalue weighted by Gasteiger charge is 2.14. The molecule has 0 fully saturated rings. The molecule has 0 aliphatic heterocycles. The molecule has 2 rings (SSSR count). The second-order valence-corrected chi connectivity index (χ2v) is 6.06. The summed E-state index contributed by atoms with van der Waals surface area (Å²) in [6.45, 7) is 10.4. The number of amides is 1. The summed E-state index contributed by atoms with van der Waals surface area (Å²) in [6, 6.07) is 9.07. The average Bonchev–Trinajstić information content (AvgIpc) is 2.63. The molecule has 0 saturated heterocycles. The second-order valence-electron chi connectivity index (χ2n) is 6.06. The molecule has 6 heteroatoms. The number of hydrogen-bond acceptors (Lipinski definition) is 5. The van der Waals surface area contributed by atoms with Gasteiger partial charge in [0.05, 0.1) is 6.61 Å². The van der Waals surface area contributed by atoms with Crippen molar-refractivity contribution >= 4 is 17.4 Å². The van der Waals surface area contributed by atoms with E-state index in [0.29, 0.717) is 23.8 Å². The Labute approximate surface area is 155 Å². The van der Waals surface area contributed by atoms with Crippen LogP contribution < -0.4 is 15.0 Å². The van der Waals surface area contributed by atoms with Gasteiger partial charge < -0.3 is 15.0 Å². The lowest BCUT2D eigenvalue weighted by Crippen LogP contribution is -2.27. The van der Waals surface area contributed by atoms with Crippen molar-refractivity contribution in [3.8, 4) is 5.75 Å². The molecule has 1 aromatic heterocycles. The SMILES string of the molecule is CCCN(CCC)c1cc(C(=O)Nc2ccc(OCC)cc2)nc(C)n1. The fourth-order valence-electron chi connectivity index (χ4n) is 2.71. The van der Waals surface area contributed by atoms with Gasteiger partial charge in [0, 0.05) is 24.8 Å². The Kier molecular flexibility index (Phi) is 7.38. The van der Waals surface area contributed by atoms with Crippen LogP contribution >= 0.6 is 0 Å². The number of nitrogens with zero attached hydrogens (tertiary/aromatic N) is 3. The Morgan fingerprint density at radius 2 is 1.73 bits per heavy atom. The number of rotatable bonds is 9. The smallest absolute Gasteiger partial charge is 0.274 e. The van der Waals surface area contributed by atoms with Crippen molar-refractivity contribution in [2.45, 2.75) is 40.5 Å². The number of aryl methyl sites for hydroxylation is 1. The van der Waals surface area contributed by atoms with Crippen molar-refractivity contribution in [3.05, 3.63) is 41.9 Å². The lowest BCUT2D eigenvalue weighted by Gasteiger charge is -2.23. The predicted octanol–water partition coefficient (Wildman–Crippen LogP) is 4.06. The largest absolute Gasteiger partial charge is 0.494 e. The van der Waals surface area contributed by atoms with Crippen molar-refractivity contribution in [2.24, 2.45) is 0 Å². The zero-order valence-electron chi connectivity index (χ0n) is 16.1. The van der Waals surface area contributed by atoms with Crippen LogP contribution in [0.4, 0.5) is 11.5 Å². The molecule has 1 heterocycles. The number of nitrogens with one attached hydrogen (secondary N) is 1. The molecule has 0 unspecified atom stereocenters. The van der Waals surface area contributed by atoms with Crippen LogP contribution in [-0.4, -0.2) is 35.6 Å². The monoisotopic (exact) mass is 356 g/mol.